The molecule has 2 heterocycles. The van der Waals surface area contributed by atoms with Gasteiger partial charge in [0, 0.05) is 18.3 Å². The molecule has 134 valence electrons. The Balaban J connectivity index is 1.76. The van der Waals surface area contributed by atoms with Crippen molar-refractivity contribution >= 4 is 23.3 Å². The molecule has 1 N–H and O–H groups in total. The summed E-state index contributed by atoms with van der Waals surface area (Å²) < 4.78 is 1.99. The van der Waals surface area contributed by atoms with Gasteiger partial charge in [0.15, 0.2) is 16.7 Å². The molecule has 5 nitrogen and oxygen atoms in total. The lowest BCUT2D eigenvalue weighted by atomic mass is 10.1. The molecule has 0 amide bonds. The number of nitrogens with one attached hydrogen (secondary N) is 1. The van der Waals surface area contributed by atoms with Gasteiger partial charge in [0.1, 0.15) is 0 Å². The Bertz CT molecular complexity index is 971. The third-order valence-electron chi connectivity index (χ3n) is 4.42. The zero-order valence-corrected chi connectivity index (χ0v) is 16.1. The Morgan fingerprint density at radius 3 is 2.50 bits per heavy atom. The average molecular weight is 367 g/mol. The maximum atomic E-state index is 12.6. The maximum absolute atomic E-state index is 12.6. The molecule has 0 bridgehead atoms. The van der Waals surface area contributed by atoms with Crippen molar-refractivity contribution in [2.75, 3.05) is 5.75 Å². The van der Waals surface area contributed by atoms with Gasteiger partial charge in [0.2, 0.25) is 0 Å². The number of thioether (sulfide) groups is 1. The van der Waals surface area contributed by atoms with Crippen LogP contribution in [0.4, 0.5) is 0 Å². The van der Waals surface area contributed by atoms with E-state index in [1.165, 1.54) is 18.7 Å². The predicted octanol–water partition coefficient (Wildman–Crippen LogP) is 4.21. The minimum atomic E-state index is -0.0349. The Morgan fingerprint density at radius 1 is 1.19 bits per heavy atom. The standard InChI is InChI=1S/C20H21N3O2S/c1-12-18(14(3)24)13(2)22-19(12)17(25)11-26-20-21-10-16(23(20)4)15-8-6-5-7-9-15/h5-10,22H,11H2,1-4H3. The summed E-state index contributed by atoms with van der Waals surface area (Å²) in [6, 6.07) is 10.0. The van der Waals surface area contributed by atoms with Crippen molar-refractivity contribution in [3.63, 3.8) is 0 Å². The fourth-order valence-corrected chi connectivity index (χ4v) is 3.99. The van der Waals surface area contributed by atoms with Gasteiger partial charge in [-0.2, -0.15) is 0 Å². The molecule has 26 heavy (non-hydrogen) atoms. The van der Waals surface area contributed by atoms with E-state index in [9.17, 15) is 9.59 Å². The number of carbonyl (C=O) groups is 2. The predicted molar refractivity (Wildman–Crippen MR) is 104 cm³/mol. The summed E-state index contributed by atoms with van der Waals surface area (Å²) in [5.41, 5.74) is 4.69. The van der Waals surface area contributed by atoms with Crippen LogP contribution in [0.2, 0.25) is 0 Å². The molecule has 0 saturated heterocycles. The minimum absolute atomic E-state index is 0.0282. The molecular weight excluding hydrogens is 346 g/mol. The molecule has 0 fully saturated rings. The van der Waals surface area contributed by atoms with Crippen molar-refractivity contribution in [1.29, 1.82) is 0 Å². The Kier molecular flexibility index (Phi) is 5.13. The van der Waals surface area contributed by atoms with Crippen molar-refractivity contribution in [2.45, 2.75) is 25.9 Å². The number of hydrogen-bond acceptors (Lipinski definition) is 4. The van der Waals surface area contributed by atoms with Gasteiger partial charge in [-0.25, -0.2) is 4.98 Å². The number of hydrogen-bond donors (Lipinski definition) is 1. The SMILES string of the molecule is CC(=O)c1c(C)[nH]c(C(=O)CSc2ncc(-c3ccccc3)n2C)c1C. The van der Waals surface area contributed by atoms with Gasteiger partial charge < -0.3 is 9.55 Å². The summed E-state index contributed by atoms with van der Waals surface area (Å²) in [6.07, 6.45) is 1.82. The van der Waals surface area contributed by atoms with Gasteiger partial charge in [0.25, 0.3) is 0 Å². The van der Waals surface area contributed by atoms with Crippen LogP contribution in [0.1, 0.15) is 39.0 Å². The molecule has 0 saturated carbocycles. The monoisotopic (exact) mass is 367 g/mol. The summed E-state index contributed by atoms with van der Waals surface area (Å²) in [5.74, 6) is 0.198. The van der Waals surface area contributed by atoms with Crippen LogP contribution in [0.3, 0.4) is 0 Å². The van der Waals surface area contributed by atoms with Crippen molar-refractivity contribution in [2.24, 2.45) is 7.05 Å². The molecule has 1 aromatic carbocycles. The Labute approximate surface area is 156 Å². The van der Waals surface area contributed by atoms with E-state index in [-0.39, 0.29) is 17.3 Å². The Morgan fingerprint density at radius 2 is 1.88 bits per heavy atom. The minimum Gasteiger partial charge on any atom is -0.355 e. The van der Waals surface area contributed by atoms with E-state index in [1.54, 1.807) is 0 Å². The van der Waals surface area contributed by atoms with Gasteiger partial charge >= 0.3 is 0 Å². The molecule has 6 heteroatoms. The number of imidazole rings is 1. The lowest BCUT2D eigenvalue weighted by Gasteiger charge is -2.05. The first-order valence-electron chi connectivity index (χ1n) is 8.33. The summed E-state index contributed by atoms with van der Waals surface area (Å²) in [5, 5.41) is 0.782. The highest BCUT2D eigenvalue weighted by Gasteiger charge is 2.20. The van der Waals surface area contributed by atoms with Crippen molar-refractivity contribution in [3.05, 3.63) is 59.0 Å². The Hall–Kier alpha value is -2.60. The summed E-state index contributed by atoms with van der Waals surface area (Å²) in [6.45, 7) is 5.15. The zero-order chi connectivity index (χ0) is 18.8. The topological polar surface area (TPSA) is 67.8 Å². The first-order valence-corrected chi connectivity index (χ1v) is 9.32. The second kappa shape index (κ2) is 7.33. The molecule has 0 spiro atoms. The normalized spacial score (nSPS) is 10.9. The smallest absolute Gasteiger partial charge is 0.189 e. The number of aromatic amines is 1. The van der Waals surface area contributed by atoms with E-state index in [0.717, 1.165) is 27.7 Å². The fourth-order valence-electron chi connectivity index (χ4n) is 3.16. The van der Waals surface area contributed by atoms with Gasteiger partial charge in [-0.05, 0) is 31.9 Å². The van der Waals surface area contributed by atoms with Crippen molar-refractivity contribution in [1.82, 2.24) is 14.5 Å². The van der Waals surface area contributed by atoms with E-state index in [4.69, 9.17) is 0 Å². The summed E-state index contributed by atoms with van der Waals surface area (Å²) in [4.78, 5) is 31.9. The highest BCUT2D eigenvalue weighted by atomic mass is 32.2. The number of rotatable bonds is 6. The third-order valence-corrected chi connectivity index (χ3v) is 5.46. The van der Waals surface area contributed by atoms with Crippen LogP contribution in [0.15, 0.2) is 41.7 Å². The van der Waals surface area contributed by atoms with Crippen LogP contribution in [0, 0.1) is 13.8 Å². The highest BCUT2D eigenvalue weighted by molar-refractivity contribution is 7.99. The number of Topliss-reactive ketones (excluding diaryl/α,β-unsaturated/α-hetero) is 2. The van der Waals surface area contributed by atoms with Crippen LogP contribution < -0.4 is 0 Å². The van der Waals surface area contributed by atoms with Crippen molar-refractivity contribution in [3.8, 4) is 11.3 Å². The molecule has 0 atom stereocenters. The van der Waals surface area contributed by atoms with E-state index in [0.29, 0.717) is 11.3 Å². The fraction of sp³-hybridized carbons (Fsp3) is 0.250. The largest absolute Gasteiger partial charge is 0.355 e. The van der Waals surface area contributed by atoms with Crippen LogP contribution >= 0.6 is 11.8 Å². The van der Waals surface area contributed by atoms with Gasteiger partial charge in [-0.1, -0.05) is 42.1 Å². The lowest BCUT2D eigenvalue weighted by molar-refractivity contribution is 0.101. The molecular formula is C20H21N3O2S. The zero-order valence-electron chi connectivity index (χ0n) is 15.3. The average Bonchev–Trinajstić information content (AvgIpc) is 3.13. The van der Waals surface area contributed by atoms with Gasteiger partial charge in [0.05, 0.1) is 23.3 Å². The summed E-state index contributed by atoms with van der Waals surface area (Å²) in [7, 11) is 1.94. The van der Waals surface area contributed by atoms with Crippen molar-refractivity contribution < 1.29 is 9.59 Å². The number of benzene rings is 1. The first kappa shape index (κ1) is 18.2. The number of carbonyl (C=O) groups excluding carboxylic acids is 2. The first-order chi connectivity index (χ1) is 12.4. The van der Waals surface area contributed by atoms with Crippen LogP contribution in [-0.2, 0) is 7.05 Å². The molecule has 2 aromatic heterocycles. The molecule has 0 unspecified atom stereocenters. The number of nitrogens with zero attached hydrogens (tertiary/aromatic N) is 2. The summed E-state index contributed by atoms with van der Waals surface area (Å²) >= 11 is 1.40. The quantitative estimate of drug-likeness (QED) is 0.523. The maximum Gasteiger partial charge on any atom is 0.189 e. The molecule has 0 aliphatic carbocycles. The molecule has 0 aliphatic rings. The molecule has 3 rings (SSSR count). The second-order valence-corrected chi connectivity index (χ2v) is 7.19. The number of aryl methyl sites for hydroxylation is 1. The molecule has 3 aromatic rings. The van der Waals surface area contributed by atoms with Crippen LogP contribution in [-0.4, -0.2) is 31.9 Å². The van der Waals surface area contributed by atoms with Gasteiger partial charge in [-0.3, -0.25) is 9.59 Å². The second-order valence-electron chi connectivity index (χ2n) is 6.24. The number of H-pyrrole nitrogens is 1. The third kappa shape index (κ3) is 3.37. The number of ketones is 2. The highest BCUT2D eigenvalue weighted by Crippen LogP contribution is 2.26. The van der Waals surface area contributed by atoms with E-state index < -0.39 is 0 Å². The van der Waals surface area contributed by atoms with E-state index >= 15 is 0 Å². The number of aromatic nitrogens is 3. The van der Waals surface area contributed by atoms with Crippen LogP contribution in [0.5, 0.6) is 0 Å². The molecule has 0 radical (unpaired) electrons. The van der Waals surface area contributed by atoms with Gasteiger partial charge in [-0.15, -0.1) is 0 Å². The van der Waals surface area contributed by atoms with Crippen LogP contribution in [0.25, 0.3) is 11.3 Å². The van der Waals surface area contributed by atoms with E-state index in [2.05, 4.69) is 9.97 Å². The lowest BCUT2D eigenvalue weighted by Crippen LogP contribution is -2.06. The van der Waals surface area contributed by atoms with E-state index in [1.807, 2.05) is 62.0 Å². The molecule has 0 aliphatic heterocycles.